The fourth-order valence-electron chi connectivity index (χ4n) is 2.10. The van der Waals surface area contributed by atoms with Gasteiger partial charge in [-0.05, 0) is 44.1 Å². The second-order valence-corrected chi connectivity index (χ2v) is 8.08. The summed E-state index contributed by atoms with van der Waals surface area (Å²) >= 11 is 0. The van der Waals surface area contributed by atoms with Crippen LogP contribution in [0.15, 0.2) is 0 Å². The zero-order chi connectivity index (χ0) is 13.8. The lowest BCUT2D eigenvalue weighted by Gasteiger charge is -2.22. The molecule has 5 heteroatoms. The topological polar surface area (TPSA) is 58.2 Å². The van der Waals surface area contributed by atoms with E-state index in [1.165, 1.54) is 0 Å². The van der Waals surface area contributed by atoms with Crippen molar-refractivity contribution in [2.45, 2.75) is 52.2 Å². The molecule has 1 fully saturated rings. The van der Waals surface area contributed by atoms with Crippen LogP contribution in [0.2, 0.25) is 0 Å². The normalized spacial score (nSPS) is 20.1. The average Bonchev–Trinajstić information content (AvgIpc) is 3.08. The zero-order valence-electron chi connectivity index (χ0n) is 12.1. The number of hydrogen-bond acceptors (Lipinski definition) is 3. The Balaban J connectivity index is 2.40. The van der Waals surface area contributed by atoms with Crippen molar-refractivity contribution in [3.63, 3.8) is 0 Å². The molecule has 0 amide bonds. The van der Waals surface area contributed by atoms with Gasteiger partial charge in [-0.3, -0.25) is 0 Å². The van der Waals surface area contributed by atoms with Gasteiger partial charge in [0.05, 0.1) is 5.25 Å². The van der Waals surface area contributed by atoms with Gasteiger partial charge < -0.3 is 5.32 Å². The average molecular weight is 276 g/mol. The minimum Gasteiger partial charge on any atom is -0.315 e. The van der Waals surface area contributed by atoms with Gasteiger partial charge in [0.25, 0.3) is 0 Å². The highest BCUT2D eigenvalue weighted by Gasteiger charge is 2.45. The second-order valence-electron chi connectivity index (χ2n) is 5.90. The molecule has 1 rings (SSSR count). The van der Waals surface area contributed by atoms with Crippen LogP contribution >= 0.6 is 0 Å². The summed E-state index contributed by atoms with van der Waals surface area (Å²) in [6.07, 6.45) is 3.32. The molecule has 2 N–H and O–H groups in total. The van der Waals surface area contributed by atoms with Crippen molar-refractivity contribution in [1.29, 1.82) is 0 Å². The summed E-state index contributed by atoms with van der Waals surface area (Å²) in [5.41, 5.74) is 0.226. The summed E-state index contributed by atoms with van der Waals surface area (Å²) in [7, 11) is -3.18. The number of rotatable bonds is 9. The minimum atomic E-state index is -3.18. The van der Waals surface area contributed by atoms with E-state index in [-0.39, 0.29) is 10.7 Å². The number of hydrogen-bond donors (Lipinski definition) is 2. The molecule has 108 valence electrons. The SMILES string of the molecule is CCCNCC(C)S(=O)(=O)NCC1(C(C)C)CC1. The Morgan fingerprint density at radius 1 is 1.22 bits per heavy atom. The van der Waals surface area contributed by atoms with Crippen molar-refractivity contribution in [2.24, 2.45) is 11.3 Å². The molecule has 0 radical (unpaired) electrons. The van der Waals surface area contributed by atoms with Crippen LogP contribution in [0.5, 0.6) is 0 Å². The van der Waals surface area contributed by atoms with Gasteiger partial charge in [-0.2, -0.15) is 0 Å². The highest BCUT2D eigenvalue weighted by atomic mass is 32.2. The van der Waals surface area contributed by atoms with Crippen LogP contribution in [-0.4, -0.2) is 33.3 Å². The van der Waals surface area contributed by atoms with Gasteiger partial charge >= 0.3 is 0 Å². The van der Waals surface area contributed by atoms with Gasteiger partial charge in [-0.1, -0.05) is 20.8 Å². The first kappa shape index (κ1) is 15.9. The van der Waals surface area contributed by atoms with Crippen molar-refractivity contribution in [1.82, 2.24) is 10.0 Å². The molecular weight excluding hydrogens is 248 g/mol. The van der Waals surface area contributed by atoms with E-state index in [1.54, 1.807) is 6.92 Å². The summed E-state index contributed by atoms with van der Waals surface area (Å²) in [6, 6.07) is 0. The van der Waals surface area contributed by atoms with Crippen molar-refractivity contribution >= 4 is 10.0 Å². The Morgan fingerprint density at radius 3 is 2.28 bits per heavy atom. The van der Waals surface area contributed by atoms with E-state index in [0.29, 0.717) is 19.0 Å². The maximum atomic E-state index is 12.1. The monoisotopic (exact) mass is 276 g/mol. The highest BCUT2D eigenvalue weighted by Crippen LogP contribution is 2.51. The lowest BCUT2D eigenvalue weighted by atomic mass is 9.93. The van der Waals surface area contributed by atoms with E-state index in [0.717, 1.165) is 25.8 Å². The van der Waals surface area contributed by atoms with E-state index in [9.17, 15) is 8.42 Å². The fraction of sp³-hybridized carbons (Fsp3) is 1.00. The third-order valence-electron chi connectivity index (χ3n) is 4.13. The van der Waals surface area contributed by atoms with Gasteiger partial charge in [0.1, 0.15) is 0 Å². The van der Waals surface area contributed by atoms with Crippen molar-refractivity contribution in [3.05, 3.63) is 0 Å². The molecule has 0 bridgehead atoms. The molecule has 1 atom stereocenters. The standard InChI is InChI=1S/C13H28N2O2S/c1-5-8-14-9-12(4)18(16,17)15-10-13(6-7-13)11(2)3/h11-12,14-15H,5-10H2,1-4H3. The molecule has 4 nitrogen and oxygen atoms in total. The van der Waals surface area contributed by atoms with Crippen molar-refractivity contribution in [2.75, 3.05) is 19.6 Å². The zero-order valence-corrected chi connectivity index (χ0v) is 12.9. The fourth-order valence-corrected chi connectivity index (χ4v) is 3.21. The molecule has 0 saturated heterocycles. The van der Waals surface area contributed by atoms with Crippen LogP contribution in [0, 0.1) is 11.3 Å². The predicted octanol–water partition coefficient (Wildman–Crippen LogP) is 1.73. The first-order valence-electron chi connectivity index (χ1n) is 7.03. The molecule has 0 heterocycles. The first-order chi connectivity index (χ1) is 8.34. The van der Waals surface area contributed by atoms with E-state index in [1.807, 2.05) is 0 Å². The molecule has 0 aromatic heterocycles. The summed E-state index contributed by atoms with van der Waals surface area (Å²) in [5.74, 6) is 0.550. The Bertz CT molecular complexity index is 348. The third-order valence-corrected chi connectivity index (χ3v) is 5.90. The van der Waals surface area contributed by atoms with Crippen molar-refractivity contribution in [3.8, 4) is 0 Å². The van der Waals surface area contributed by atoms with E-state index >= 15 is 0 Å². The second kappa shape index (κ2) is 6.35. The van der Waals surface area contributed by atoms with Gasteiger partial charge in [0.2, 0.25) is 10.0 Å². The molecule has 0 aromatic carbocycles. The van der Waals surface area contributed by atoms with Crippen molar-refractivity contribution < 1.29 is 8.42 Å². The molecule has 0 spiro atoms. The maximum absolute atomic E-state index is 12.1. The Hall–Kier alpha value is -0.130. The summed E-state index contributed by atoms with van der Waals surface area (Å²) in [6.45, 7) is 10.2. The van der Waals surface area contributed by atoms with Crippen LogP contribution in [0.25, 0.3) is 0 Å². The van der Waals surface area contributed by atoms with Gasteiger partial charge in [-0.15, -0.1) is 0 Å². The molecule has 1 saturated carbocycles. The van der Waals surface area contributed by atoms with Crippen LogP contribution in [0.1, 0.15) is 47.0 Å². The maximum Gasteiger partial charge on any atom is 0.215 e. The molecule has 1 aliphatic carbocycles. The van der Waals surface area contributed by atoms with Crippen LogP contribution in [-0.2, 0) is 10.0 Å². The summed E-state index contributed by atoms with van der Waals surface area (Å²) in [5, 5.41) is 2.79. The Morgan fingerprint density at radius 2 is 1.83 bits per heavy atom. The summed E-state index contributed by atoms with van der Waals surface area (Å²) in [4.78, 5) is 0. The molecule has 0 aliphatic heterocycles. The van der Waals surface area contributed by atoms with Gasteiger partial charge in [-0.25, -0.2) is 13.1 Å². The highest BCUT2D eigenvalue weighted by molar-refractivity contribution is 7.90. The van der Waals surface area contributed by atoms with Gasteiger partial charge in [0.15, 0.2) is 0 Å². The molecule has 1 aliphatic rings. The molecule has 1 unspecified atom stereocenters. The van der Waals surface area contributed by atoms with E-state index in [2.05, 4.69) is 30.8 Å². The van der Waals surface area contributed by atoms with E-state index < -0.39 is 10.0 Å². The lowest BCUT2D eigenvalue weighted by Crippen LogP contribution is -2.42. The quantitative estimate of drug-likeness (QED) is 0.631. The Kier molecular flexibility index (Phi) is 5.62. The number of sulfonamides is 1. The smallest absolute Gasteiger partial charge is 0.215 e. The van der Waals surface area contributed by atoms with E-state index in [4.69, 9.17) is 0 Å². The van der Waals surface area contributed by atoms with Crippen LogP contribution in [0.3, 0.4) is 0 Å². The molecule has 0 aromatic rings. The van der Waals surface area contributed by atoms with Crippen LogP contribution in [0.4, 0.5) is 0 Å². The van der Waals surface area contributed by atoms with Crippen LogP contribution < -0.4 is 10.0 Å². The molecular formula is C13H28N2O2S. The lowest BCUT2D eigenvalue weighted by molar-refractivity contribution is 0.357. The largest absolute Gasteiger partial charge is 0.315 e. The predicted molar refractivity (Wildman–Crippen MR) is 76.1 cm³/mol. The third kappa shape index (κ3) is 4.21. The number of nitrogens with one attached hydrogen (secondary N) is 2. The first-order valence-corrected chi connectivity index (χ1v) is 8.58. The minimum absolute atomic E-state index is 0.226. The summed E-state index contributed by atoms with van der Waals surface area (Å²) < 4.78 is 26.9. The molecule has 18 heavy (non-hydrogen) atoms. The Labute approximate surface area is 112 Å². The van der Waals surface area contributed by atoms with Gasteiger partial charge in [0, 0.05) is 13.1 Å².